The Kier molecular flexibility index (Phi) is 5.70. The molecule has 0 radical (unpaired) electrons. The van der Waals surface area contributed by atoms with Gasteiger partial charge >= 0.3 is 5.97 Å². The predicted octanol–water partition coefficient (Wildman–Crippen LogP) is 1.50. The Bertz CT molecular complexity index is 765. The molecular weight excluding hydrogens is 332 g/mol. The lowest BCUT2D eigenvalue weighted by molar-refractivity contribution is -0.147. The van der Waals surface area contributed by atoms with E-state index < -0.39 is 28.6 Å². The Morgan fingerprint density at radius 1 is 1.29 bits per heavy atom. The van der Waals surface area contributed by atoms with Gasteiger partial charge in [0.2, 0.25) is 10.0 Å². The second-order valence-electron chi connectivity index (χ2n) is 5.47. The molecule has 0 aromatic heterocycles. The number of nitriles is 1. The molecule has 128 valence electrons. The van der Waals surface area contributed by atoms with E-state index in [1.165, 1.54) is 31.2 Å². The molecule has 1 aliphatic heterocycles. The fourth-order valence-electron chi connectivity index (χ4n) is 2.62. The number of benzene rings is 1. The first-order chi connectivity index (χ1) is 11.4. The van der Waals surface area contributed by atoms with Gasteiger partial charge in [-0.3, -0.25) is 9.59 Å². The Labute approximate surface area is 140 Å². The molecular formula is C16H18N2O5S. The second-order valence-corrected chi connectivity index (χ2v) is 7.36. The summed E-state index contributed by atoms with van der Waals surface area (Å²) in [5, 5.41) is 8.50. The molecule has 1 heterocycles. The van der Waals surface area contributed by atoms with Crippen LogP contribution in [0, 0.1) is 11.3 Å². The van der Waals surface area contributed by atoms with E-state index in [0.717, 1.165) is 4.31 Å². The number of piperidine rings is 1. The number of hydrogen-bond donors (Lipinski definition) is 0. The van der Waals surface area contributed by atoms with E-state index in [4.69, 9.17) is 10.00 Å². The van der Waals surface area contributed by atoms with Crippen molar-refractivity contribution in [3.63, 3.8) is 0 Å². The van der Waals surface area contributed by atoms with Gasteiger partial charge in [-0.2, -0.15) is 9.57 Å². The third-order valence-electron chi connectivity index (χ3n) is 3.87. The van der Waals surface area contributed by atoms with Crippen LogP contribution in [0.3, 0.4) is 0 Å². The molecule has 1 aliphatic rings. The Hall–Kier alpha value is -2.24. The van der Waals surface area contributed by atoms with Crippen LogP contribution in [-0.2, 0) is 19.6 Å². The minimum absolute atomic E-state index is 0.0208. The molecule has 0 aliphatic carbocycles. The van der Waals surface area contributed by atoms with Crippen molar-refractivity contribution in [1.82, 2.24) is 4.31 Å². The van der Waals surface area contributed by atoms with Crippen molar-refractivity contribution in [3.8, 4) is 6.07 Å². The van der Waals surface area contributed by atoms with Gasteiger partial charge in [0.15, 0.2) is 12.4 Å². The quantitative estimate of drug-likeness (QED) is 0.589. The van der Waals surface area contributed by atoms with Gasteiger partial charge in [-0.25, -0.2) is 8.42 Å². The van der Waals surface area contributed by atoms with Crippen LogP contribution in [0.25, 0.3) is 0 Å². The minimum atomic E-state index is -3.89. The summed E-state index contributed by atoms with van der Waals surface area (Å²) in [5.41, 5.74) is 0.414. The van der Waals surface area contributed by atoms with Gasteiger partial charge in [0.25, 0.3) is 0 Å². The summed E-state index contributed by atoms with van der Waals surface area (Å²) < 4.78 is 31.6. The molecule has 2 rings (SSSR count). The Balaban J connectivity index is 2.29. The fourth-order valence-corrected chi connectivity index (χ4v) is 4.27. The van der Waals surface area contributed by atoms with E-state index in [2.05, 4.69) is 0 Å². The first-order valence-corrected chi connectivity index (χ1v) is 8.98. The number of hydrogen-bond acceptors (Lipinski definition) is 6. The van der Waals surface area contributed by atoms with Crippen molar-refractivity contribution < 1.29 is 22.7 Å². The molecule has 1 unspecified atom stereocenters. The van der Waals surface area contributed by atoms with Crippen LogP contribution >= 0.6 is 0 Å². The zero-order valence-corrected chi connectivity index (χ0v) is 14.1. The number of carbonyl (C=O) groups is 2. The number of ether oxygens (including phenoxy) is 1. The summed E-state index contributed by atoms with van der Waals surface area (Å²) in [4.78, 5) is 23.4. The highest BCUT2D eigenvalue weighted by Gasteiger charge is 2.38. The fraction of sp³-hybridized carbons (Fsp3) is 0.438. The molecule has 1 fully saturated rings. The molecule has 1 saturated heterocycles. The number of carbonyl (C=O) groups excluding carboxylic acids is 2. The average molecular weight is 350 g/mol. The number of Topliss-reactive ketones (excluding diaryl/α,β-unsaturated/α-hetero) is 1. The van der Waals surface area contributed by atoms with Crippen molar-refractivity contribution in [1.29, 1.82) is 5.26 Å². The maximum atomic E-state index is 12.8. The van der Waals surface area contributed by atoms with Crippen LogP contribution in [0.4, 0.5) is 0 Å². The van der Waals surface area contributed by atoms with Crippen molar-refractivity contribution in [2.75, 3.05) is 13.2 Å². The summed E-state index contributed by atoms with van der Waals surface area (Å²) in [6.07, 6.45) is 1.71. The largest absolute Gasteiger partial charge is 0.449 e. The number of sulfonamides is 1. The maximum Gasteiger partial charge on any atom is 0.325 e. The standard InChI is InChI=1S/C16H18N2O5S/c1-12(19)13-5-7-14(8-6-13)24(21,22)18-10-3-2-4-15(18)16(20)23-11-9-17/h5-8,15H,2-4,10-11H2,1H3. The Morgan fingerprint density at radius 3 is 2.54 bits per heavy atom. The lowest BCUT2D eigenvalue weighted by Gasteiger charge is -2.32. The minimum Gasteiger partial charge on any atom is -0.449 e. The lowest BCUT2D eigenvalue weighted by atomic mass is 10.1. The summed E-state index contributed by atoms with van der Waals surface area (Å²) in [7, 11) is -3.89. The molecule has 0 N–H and O–H groups in total. The van der Waals surface area contributed by atoms with Gasteiger partial charge in [0.05, 0.1) is 4.90 Å². The highest BCUT2D eigenvalue weighted by molar-refractivity contribution is 7.89. The molecule has 8 heteroatoms. The highest BCUT2D eigenvalue weighted by Crippen LogP contribution is 2.26. The number of ketones is 1. The van der Waals surface area contributed by atoms with E-state index in [0.29, 0.717) is 24.8 Å². The van der Waals surface area contributed by atoms with Gasteiger partial charge in [-0.1, -0.05) is 12.1 Å². The van der Waals surface area contributed by atoms with Gasteiger partial charge in [0, 0.05) is 12.1 Å². The molecule has 0 amide bonds. The van der Waals surface area contributed by atoms with Gasteiger partial charge in [-0.05, 0) is 38.3 Å². The first kappa shape index (κ1) is 18.1. The second kappa shape index (κ2) is 7.55. The summed E-state index contributed by atoms with van der Waals surface area (Å²) in [6, 6.07) is 6.38. The van der Waals surface area contributed by atoms with Crippen LogP contribution < -0.4 is 0 Å². The maximum absolute atomic E-state index is 12.8. The predicted molar refractivity (Wildman–Crippen MR) is 84.5 cm³/mol. The molecule has 1 aromatic rings. The monoisotopic (exact) mass is 350 g/mol. The third-order valence-corrected chi connectivity index (χ3v) is 5.79. The van der Waals surface area contributed by atoms with Gasteiger partial charge < -0.3 is 4.74 Å². The van der Waals surface area contributed by atoms with Crippen molar-refractivity contribution in [2.45, 2.75) is 37.1 Å². The van der Waals surface area contributed by atoms with E-state index >= 15 is 0 Å². The van der Waals surface area contributed by atoms with E-state index in [9.17, 15) is 18.0 Å². The van der Waals surface area contributed by atoms with Crippen LogP contribution in [0.2, 0.25) is 0 Å². The molecule has 0 spiro atoms. The van der Waals surface area contributed by atoms with Crippen molar-refractivity contribution in [3.05, 3.63) is 29.8 Å². The number of rotatable bonds is 5. The van der Waals surface area contributed by atoms with Gasteiger partial charge in [-0.15, -0.1) is 0 Å². The normalized spacial score (nSPS) is 18.6. The van der Waals surface area contributed by atoms with Crippen molar-refractivity contribution >= 4 is 21.8 Å². The summed E-state index contributed by atoms with van der Waals surface area (Å²) in [6.45, 7) is 1.20. The van der Waals surface area contributed by atoms with Crippen LogP contribution in [-0.4, -0.2) is 43.7 Å². The zero-order valence-electron chi connectivity index (χ0n) is 13.3. The van der Waals surface area contributed by atoms with Crippen LogP contribution in [0.15, 0.2) is 29.2 Å². The number of nitrogens with zero attached hydrogens (tertiary/aromatic N) is 2. The molecule has 24 heavy (non-hydrogen) atoms. The smallest absolute Gasteiger partial charge is 0.325 e. The molecule has 1 atom stereocenters. The van der Waals surface area contributed by atoms with Crippen LogP contribution in [0.1, 0.15) is 36.5 Å². The first-order valence-electron chi connectivity index (χ1n) is 7.54. The van der Waals surface area contributed by atoms with E-state index in [1.807, 2.05) is 0 Å². The Morgan fingerprint density at radius 2 is 1.96 bits per heavy atom. The molecule has 0 saturated carbocycles. The summed E-state index contributed by atoms with van der Waals surface area (Å²) in [5.74, 6) is -0.866. The zero-order chi connectivity index (χ0) is 17.7. The van der Waals surface area contributed by atoms with Crippen molar-refractivity contribution in [2.24, 2.45) is 0 Å². The van der Waals surface area contributed by atoms with Gasteiger partial charge in [0.1, 0.15) is 12.1 Å². The summed E-state index contributed by atoms with van der Waals surface area (Å²) >= 11 is 0. The molecule has 7 nitrogen and oxygen atoms in total. The lowest BCUT2D eigenvalue weighted by Crippen LogP contribution is -2.48. The van der Waals surface area contributed by atoms with Crippen LogP contribution in [0.5, 0.6) is 0 Å². The average Bonchev–Trinajstić information content (AvgIpc) is 2.59. The third kappa shape index (κ3) is 3.80. The number of esters is 1. The molecule has 1 aromatic carbocycles. The molecule has 0 bridgehead atoms. The SMILES string of the molecule is CC(=O)c1ccc(S(=O)(=O)N2CCCCC2C(=O)OCC#N)cc1. The topological polar surface area (TPSA) is 105 Å². The highest BCUT2D eigenvalue weighted by atomic mass is 32.2. The van der Waals surface area contributed by atoms with E-state index in [-0.39, 0.29) is 17.2 Å². The van der Waals surface area contributed by atoms with E-state index in [1.54, 1.807) is 6.07 Å².